The van der Waals surface area contributed by atoms with Crippen molar-refractivity contribution in [1.82, 2.24) is 10.2 Å². The molecule has 1 amide bonds. The number of likely N-dealkylation sites (N-methyl/N-ethyl adjacent to an activating group) is 1. The van der Waals surface area contributed by atoms with Crippen molar-refractivity contribution in [3.63, 3.8) is 0 Å². The lowest BCUT2D eigenvalue weighted by atomic mass is 9.99. The van der Waals surface area contributed by atoms with Crippen LogP contribution in [0.1, 0.15) is 5.56 Å². The van der Waals surface area contributed by atoms with Gasteiger partial charge < -0.3 is 40.3 Å². The van der Waals surface area contributed by atoms with E-state index in [2.05, 4.69) is 34.3 Å². The molecule has 1 unspecified atom stereocenters. The molecule has 2 aliphatic rings. The maximum atomic E-state index is 12.5. The van der Waals surface area contributed by atoms with Crippen LogP contribution in [0.2, 0.25) is 0 Å². The molecule has 0 radical (unpaired) electrons. The third-order valence-electron chi connectivity index (χ3n) is 6.54. The zero-order valence-electron chi connectivity index (χ0n) is 19.4. The molecule has 2 saturated heterocycles. The van der Waals surface area contributed by atoms with Crippen molar-refractivity contribution < 1.29 is 30.0 Å². The second kappa shape index (κ2) is 10.7. The van der Waals surface area contributed by atoms with Gasteiger partial charge in [0.25, 0.3) is 5.91 Å². The Bertz CT molecular complexity index is 1140. The molecule has 0 aromatic heterocycles. The molecular formula is C25H30N4O6. The smallest absolute Gasteiger partial charge is 0.262 e. The first-order valence-electron chi connectivity index (χ1n) is 11.5. The summed E-state index contributed by atoms with van der Waals surface area (Å²) >= 11 is 0. The normalized spacial score (nSPS) is 28.1. The molecule has 5 atom stereocenters. The van der Waals surface area contributed by atoms with E-state index >= 15 is 0 Å². The van der Waals surface area contributed by atoms with Gasteiger partial charge in [-0.25, -0.2) is 0 Å². The van der Waals surface area contributed by atoms with Gasteiger partial charge in [-0.05, 0) is 47.7 Å². The number of carbonyl (C=O) groups excluding carboxylic acids is 1. The number of aliphatic hydroxyl groups excluding tert-OH is 4. The van der Waals surface area contributed by atoms with Gasteiger partial charge in [-0.3, -0.25) is 4.79 Å². The number of nitrogens with zero attached hydrogens (tertiary/aromatic N) is 3. The van der Waals surface area contributed by atoms with Crippen molar-refractivity contribution in [3.05, 3.63) is 47.5 Å². The Balaban J connectivity index is 1.43. The lowest BCUT2D eigenvalue weighted by Crippen LogP contribution is -2.60. The van der Waals surface area contributed by atoms with Crippen molar-refractivity contribution in [2.75, 3.05) is 44.7 Å². The molecule has 0 aliphatic carbocycles. The Morgan fingerprint density at radius 1 is 1.06 bits per heavy atom. The topological polar surface area (TPSA) is 150 Å². The van der Waals surface area contributed by atoms with Crippen LogP contribution < -0.4 is 10.2 Å². The minimum Gasteiger partial charge on any atom is -0.388 e. The highest BCUT2D eigenvalue weighted by atomic mass is 16.6. The fourth-order valence-electron chi connectivity index (χ4n) is 4.31. The number of benzene rings is 2. The Hall–Kier alpha value is -3.04. The van der Waals surface area contributed by atoms with Gasteiger partial charge in [0.2, 0.25) is 0 Å². The quantitative estimate of drug-likeness (QED) is 0.279. The van der Waals surface area contributed by atoms with Gasteiger partial charge in [0.05, 0.1) is 0 Å². The summed E-state index contributed by atoms with van der Waals surface area (Å²) in [6, 6.07) is 13.8. The molecule has 0 spiro atoms. The highest BCUT2D eigenvalue weighted by molar-refractivity contribution is 6.02. The highest BCUT2D eigenvalue weighted by Gasteiger charge is 2.43. The Labute approximate surface area is 203 Å². The number of hydrogen-bond acceptors (Lipinski definition) is 9. The number of piperazine rings is 1. The summed E-state index contributed by atoms with van der Waals surface area (Å²) in [5, 5.41) is 52.9. The predicted octanol–water partition coefficient (Wildman–Crippen LogP) is -0.585. The molecule has 2 aromatic rings. The number of carbonyl (C=O) groups is 1. The van der Waals surface area contributed by atoms with E-state index < -0.39 is 36.6 Å². The third-order valence-corrected chi connectivity index (χ3v) is 6.54. The molecule has 0 saturated carbocycles. The Kier molecular flexibility index (Phi) is 7.66. The first-order chi connectivity index (χ1) is 16.8. The number of amides is 1. The summed E-state index contributed by atoms with van der Waals surface area (Å²) in [4.78, 5) is 17.2. The molecule has 10 heteroatoms. The molecule has 5 N–H and O–H groups in total. The molecule has 2 aliphatic heterocycles. The first-order valence-corrected chi connectivity index (χ1v) is 11.5. The van der Waals surface area contributed by atoms with Gasteiger partial charge >= 0.3 is 0 Å². The van der Waals surface area contributed by atoms with Gasteiger partial charge in [-0.1, -0.05) is 18.2 Å². The molecule has 10 nitrogen and oxygen atoms in total. The van der Waals surface area contributed by atoms with Crippen LogP contribution >= 0.6 is 0 Å². The fraction of sp³-hybridized carbons (Fsp3) is 0.440. The predicted molar refractivity (Wildman–Crippen MR) is 129 cm³/mol. The summed E-state index contributed by atoms with van der Waals surface area (Å²) in [6.07, 6.45) is -6.18. The SMILES string of the molecule is CN1CCN(c2ccc3cc(/C=C(\C#N)C(=O)NC[C@H]4OC(O)[C@H](O)[C@@H](O)[C@@H]4O)ccc3c2)CC1. The fourth-order valence-corrected chi connectivity index (χ4v) is 4.31. The number of nitrogens with one attached hydrogen (secondary N) is 1. The second-order valence-corrected chi connectivity index (χ2v) is 9.00. The average molecular weight is 483 g/mol. The number of aliphatic hydroxyl groups is 4. The van der Waals surface area contributed by atoms with E-state index in [4.69, 9.17) is 4.74 Å². The van der Waals surface area contributed by atoms with E-state index in [1.807, 2.05) is 30.3 Å². The summed E-state index contributed by atoms with van der Waals surface area (Å²) in [6.45, 7) is 3.73. The van der Waals surface area contributed by atoms with Crippen molar-refractivity contribution in [2.24, 2.45) is 0 Å². The van der Waals surface area contributed by atoms with E-state index in [0.717, 1.165) is 37.0 Å². The van der Waals surface area contributed by atoms with E-state index in [1.54, 1.807) is 0 Å². The van der Waals surface area contributed by atoms with Crippen LogP contribution in [0.15, 0.2) is 42.0 Å². The zero-order chi connectivity index (χ0) is 25.1. The number of hydrogen-bond donors (Lipinski definition) is 5. The summed E-state index contributed by atoms with van der Waals surface area (Å²) in [7, 11) is 2.12. The van der Waals surface area contributed by atoms with E-state index in [9.17, 15) is 30.5 Å². The van der Waals surface area contributed by atoms with E-state index in [1.165, 1.54) is 11.8 Å². The minimum absolute atomic E-state index is 0.148. The Morgan fingerprint density at radius 3 is 2.46 bits per heavy atom. The van der Waals surface area contributed by atoms with Crippen LogP contribution in [0.4, 0.5) is 5.69 Å². The van der Waals surface area contributed by atoms with Crippen LogP contribution in [0.25, 0.3) is 16.8 Å². The van der Waals surface area contributed by atoms with Crippen LogP contribution in [0.5, 0.6) is 0 Å². The number of ether oxygens (including phenoxy) is 1. The molecule has 0 bridgehead atoms. The van der Waals surface area contributed by atoms with E-state index in [-0.39, 0.29) is 12.1 Å². The number of fused-ring (bicyclic) bond motifs is 1. The van der Waals surface area contributed by atoms with Gasteiger partial charge in [0.15, 0.2) is 6.29 Å². The first kappa shape index (κ1) is 25.1. The molecule has 2 aromatic carbocycles. The minimum atomic E-state index is -1.70. The van der Waals surface area contributed by atoms with Gasteiger partial charge in [0.1, 0.15) is 36.1 Å². The lowest BCUT2D eigenvalue weighted by Gasteiger charge is -2.38. The van der Waals surface area contributed by atoms with Crippen molar-refractivity contribution >= 4 is 28.4 Å². The summed E-state index contributed by atoms with van der Waals surface area (Å²) in [5.41, 5.74) is 1.70. The maximum absolute atomic E-state index is 12.5. The molecular weight excluding hydrogens is 452 g/mol. The Morgan fingerprint density at radius 2 is 1.74 bits per heavy atom. The van der Waals surface area contributed by atoms with E-state index in [0.29, 0.717) is 5.56 Å². The van der Waals surface area contributed by atoms with Crippen molar-refractivity contribution in [3.8, 4) is 6.07 Å². The average Bonchev–Trinajstić information content (AvgIpc) is 2.87. The standard InChI is InChI=1S/C25H30N4O6/c1-28-6-8-29(9-7-28)19-5-4-16-10-15(2-3-17(16)12-19)11-18(13-26)24(33)27-14-20-21(30)22(31)23(32)25(34)35-20/h2-5,10-12,20-23,25,30-32,34H,6-9,14H2,1H3,(H,27,33)/b18-11+/t20-,21-,22+,23-,25?/m1/s1. The maximum Gasteiger partial charge on any atom is 0.262 e. The highest BCUT2D eigenvalue weighted by Crippen LogP contribution is 2.25. The third kappa shape index (κ3) is 5.62. The number of nitriles is 1. The zero-order valence-corrected chi connectivity index (χ0v) is 19.4. The number of rotatable bonds is 5. The molecule has 35 heavy (non-hydrogen) atoms. The van der Waals surface area contributed by atoms with Crippen molar-refractivity contribution in [2.45, 2.75) is 30.7 Å². The lowest BCUT2D eigenvalue weighted by molar-refractivity contribution is -0.280. The van der Waals surface area contributed by atoms with Crippen molar-refractivity contribution in [1.29, 1.82) is 5.26 Å². The van der Waals surface area contributed by atoms with Gasteiger partial charge in [-0.2, -0.15) is 5.26 Å². The van der Waals surface area contributed by atoms with Crippen LogP contribution in [0.3, 0.4) is 0 Å². The summed E-state index contributed by atoms with van der Waals surface area (Å²) in [5.74, 6) is -0.691. The van der Waals surface area contributed by atoms with Gasteiger partial charge in [0, 0.05) is 38.4 Å². The second-order valence-electron chi connectivity index (χ2n) is 9.00. The van der Waals surface area contributed by atoms with Crippen LogP contribution in [0, 0.1) is 11.3 Å². The molecule has 4 rings (SSSR count). The number of anilines is 1. The van der Waals surface area contributed by atoms with Gasteiger partial charge in [-0.15, -0.1) is 0 Å². The van der Waals surface area contributed by atoms with Crippen LogP contribution in [-0.4, -0.2) is 102 Å². The molecule has 186 valence electrons. The summed E-state index contributed by atoms with van der Waals surface area (Å²) < 4.78 is 5.04. The molecule has 2 heterocycles. The molecule has 2 fully saturated rings. The monoisotopic (exact) mass is 482 g/mol. The largest absolute Gasteiger partial charge is 0.388 e. The van der Waals surface area contributed by atoms with Crippen LogP contribution in [-0.2, 0) is 9.53 Å².